The standard InChI is InChI=1S/C23H19N3O4/c1-13-8-14(2)10-17(9-13)23-25-19-12-18(6-7-21(19)30-23)24-22(27)16-5-4-15(3)20(11-16)26(28)29/h4-12H,1-3H3,(H,24,27). The van der Waals surface area contributed by atoms with Crippen molar-refractivity contribution in [3.63, 3.8) is 0 Å². The predicted molar refractivity (Wildman–Crippen MR) is 115 cm³/mol. The molecule has 0 aliphatic rings. The Hall–Kier alpha value is -4.00. The van der Waals surface area contributed by atoms with Crippen molar-refractivity contribution >= 4 is 28.4 Å². The van der Waals surface area contributed by atoms with Crippen LogP contribution in [0.15, 0.2) is 59.0 Å². The molecule has 1 heterocycles. The summed E-state index contributed by atoms with van der Waals surface area (Å²) in [5.41, 5.74) is 5.48. The van der Waals surface area contributed by atoms with Crippen molar-refractivity contribution in [1.82, 2.24) is 4.98 Å². The Labute approximate surface area is 172 Å². The third kappa shape index (κ3) is 3.77. The van der Waals surface area contributed by atoms with E-state index in [4.69, 9.17) is 4.42 Å². The minimum atomic E-state index is -0.498. The van der Waals surface area contributed by atoms with Crippen molar-refractivity contribution in [2.75, 3.05) is 5.32 Å². The number of nitrogens with one attached hydrogen (secondary N) is 1. The molecule has 0 aliphatic carbocycles. The van der Waals surface area contributed by atoms with Crippen molar-refractivity contribution in [1.29, 1.82) is 0 Å². The maximum absolute atomic E-state index is 12.6. The number of carbonyl (C=O) groups is 1. The lowest BCUT2D eigenvalue weighted by molar-refractivity contribution is -0.385. The lowest BCUT2D eigenvalue weighted by Crippen LogP contribution is -2.12. The van der Waals surface area contributed by atoms with Gasteiger partial charge in [0.1, 0.15) is 5.52 Å². The maximum atomic E-state index is 12.6. The van der Waals surface area contributed by atoms with E-state index in [1.807, 2.05) is 26.0 Å². The van der Waals surface area contributed by atoms with Crippen LogP contribution < -0.4 is 5.32 Å². The van der Waals surface area contributed by atoms with Crippen molar-refractivity contribution in [2.45, 2.75) is 20.8 Å². The zero-order valence-corrected chi connectivity index (χ0v) is 16.7. The molecule has 150 valence electrons. The molecule has 0 saturated heterocycles. The van der Waals surface area contributed by atoms with E-state index in [0.717, 1.165) is 16.7 Å². The fourth-order valence-corrected chi connectivity index (χ4v) is 3.38. The van der Waals surface area contributed by atoms with E-state index in [-0.39, 0.29) is 11.3 Å². The number of rotatable bonds is 4. The summed E-state index contributed by atoms with van der Waals surface area (Å²) >= 11 is 0. The van der Waals surface area contributed by atoms with E-state index in [2.05, 4.69) is 16.4 Å². The first-order valence-corrected chi connectivity index (χ1v) is 9.36. The van der Waals surface area contributed by atoms with Gasteiger partial charge in [0.2, 0.25) is 5.89 Å². The quantitative estimate of drug-likeness (QED) is 0.355. The van der Waals surface area contributed by atoms with Gasteiger partial charge in [-0.25, -0.2) is 4.98 Å². The molecule has 0 spiro atoms. The highest BCUT2D eigenvalue weighted by molar-refractivity contribution is 6.05. The van der Waals surface area contributed by atoms with Crippen molar-refractivity contribution in [2.24, 2.45) is 0 Å². The summed E-state index contributed by atoms with van der Waals surface area (Å²) < 4.78 is 5.87. The number of aryl methyl sites for hydroxylation is 3. The van der Waals surface area contributed by atoms with Gasteiger partial charge in [0.25, 0.3) is 11.6 Å². The van der Waals surface area contributed by atoms with Crippen molar-refractivity contribution in [3.05, 3.63) is 87.0 Å². The highest BCUT2D eigenvalue weighted by atomic mass is 16.6. The Morgan fingerprint density at radius 3 is 2.43 bits per heavy atom. The number of nitrogens with zero attached hydrogens (tertiary/aromatic N) is 2. The third-order valence-electron chi connectivity index (χ3n) is 4.78. The molecule has 0 aliphatic heterocycles. The lowest BCUT2D eigenvalue weighted by Gasteiger charge is -2.06. The number of aromatic nitrogens is 1. The monoisotopic (exact) mass is 401 g/mol. The highest BCUT2D eigenvalue weighted by Crippen LogP contribution is 2.28. The molecule has 30 heavy (non-hydrogen) atoms. The average molecular weight is 401 g/mol. The number of fused-ring (bicyclic) bond motifs is 1. The minimum Gasteiger partial charge on any atom is -0.436 e. The highest BCUT2D eigenvalue weighted by Gasteiger charge is 2.16. The zero-order chi connectivity index (χ0) is 21.4. The van der Waals surface area contributed by atoms with Gasteiger partial charge in [-0.15, -0.1) is 0 Å². The van der Waals surface area contributed by atoms with Gasteiger partial charge in [0.05, 0.1) is 4.92 Å². The van der Waals surface area contributed by atoms with Gasteiger partial charge in [-0.1, -0.05) is 23.3 Å². The third-order valence-corrected chi connectivity index (χ3v) is 4.78. The molecular formula is C23H19N3O4. The van der Waals surface area contributed by atoms with Crippen LogP contribution in [0.4, 0.5) is 11.4 Å². The molecule has 1 aromatic heterocycles. The topological polar surface area (TPSA) is 98.3 Å². The number of nitro groups is 1. The maximum Gasteiger partial charge on any atom is 0.273 e. The van der Waals surface area contributed by atoms with Crippen LogP contribution in [0.1, 0.15) is 27.0 Å². The van der Waals surface area contributed by atoms with Crippen molar-refractivity contribution < 1.29 is 14.1 Å². The van der Waals surface area contributed by atoms with Crippen LogP contribution in [0.3, 0.4) is 0 Å². The van der Waals surface area contributed by atoms with Crippen LogP contribution in [0.2, 0.25) is 0 Å². The second kappa shape index (κ2) is 7.44. The Morgan fingerprint density at radius 2 is 1.73 bits per heavy atom. The van der Waals surface area contributed by atoms with Gasteiger partial charge in [-0.2, -0.15) is 0 Å². The van der Waals surface area contributed by atoms with E-state index < -0.39 is 10.8 Å². The van der Waals surface area contributed by atoms with E-state index in [1.165, 1.54) is 6.07 Å². The molecule has 3 aromatic carbocycles. The SMILES string of the molecule is Cc1cc(C)cc(-c2nc3cc(NC(=O)c4ccc(C)c([N+](=O)[O-])c4)ccc3o2)c1. The molecule has 0 saturated carbocycles. The molecule has 0 radical (unpaired) electrons. The van der Waals surface area contributed by atoms with Gasteiger partial charge in [-0.3, -0.25) is 14.9 Å². The number of nitro benzene ring substituents is 1. The smallest absolute Gasteiger partial charge is 0.273 e. The minimum absolute atomic E-state index is 0.0901. The largest absolute Gasteiger partial charge is 0.436 e. The molecule has 1 amide bonds. The van der Waals surface area contributed by atoms with Gasteiger partial charge in [-0.05, 0) is 57.2 Å². The van der Waals surface area contributed by atoms with E-state index in [1.54, 1.807) is 37.3 Å². The Kier molecular flexibility index (Phi) is 4.79. The van der Waals surface area contributed by atoms with Crippen LogP contribution in [-0.4, -0.2) is 15.8 Å². The van der Waals surface area contributed by atoms with Gasteiger partial charge >= 0.3 is 0 Å². The van der Waals surface area contributed by atoms with Gasteiger partial charge in [0, 0.05) is 28.4 Å². The predicted octanol–water partition coefficient (Wildman–Crippen LogP) is 5.58. The summed E-state index contributed by atoms with van der Waals surface area (Å²) in [6.07, 6.45) is 0. The van der Waals surface area contributed by atoms with Gasteiger partial charge in [0.15, 0.2) is 5.58 Å². The van der Waals surface area contributed by atoms with Crippen LogP contribution in [0.25, 0.3) is 22.6 Å². The fourth-order valence-electron chi connectivity index (χ4n) is 3.38. The van der Waals surface area contributed by atoms with Crippen LogP contribution in [0, 0.1) is 30.9 Å². The molecule has 0 atom stereocenters. The molecule has 4 aromatic rings. The molecule has 0 bridgehead atoms. The number of benzene rings is 3. The van der Waals surface area contributed by atoms with Crippen LogP contribution >= 0.6 is 0 Å². The molecule has 7 nitrogen and oxygen atoms in total. The second-order valence-corrected chi connectivity index (χ2v) is 7.29. The first-order chi connectivity index (χ1) is 14.3. The van der Waals surface area contributed by atoms with Crippen LogP contribution in [-0.2, 0) is 0 Å². The number of hydrogen-bond donors (Lipinski definition) is 1. The number of amides is 1. The number of oxazole rings is 1. The van der Waals surface area contributed by atoms with Crippen molar-refractivity contribution in [3.8, 4) is 11.5 Å². The molecular weight excluding hydrogens is 382 g/mol. The Balaban J connectivity index is 1.62. The first-order valence-electron chi connectivity index (χ1n) is 9.36. The number of hydrogen-bond acceptors (Lipinski definition) is 5. The summed E-state index contributed by atoms with van der Waals surface area (Å²) in [5.74, 6) is 0.0740. The zero-order valence-electron chi connectivity index (χ0n) is 16.7. The summed E-state index contributed by atoms with van der Waals surface area (Å²) in [6.45, 7) is 5.66. The van der Waals surface area contributed by atoms with E-state index in [0.29, 0.717) is 28.2 Å². The molecule has 4 rings (SSSR count). The number of anilines is 1. The second-order valence-electron chi connectivity index (χ2n) is 7.29. The summed E-state index contributed by atoms with van der Waals surface area (Å²) in [7, 11) is 0. The molecule has 1 N–H and O–H groups in total. The Bertz CT molecular complexity index is 1290. The van der Waals surface area contributed by atoms with E-state index >= 15 is 0 Å². The average Bonchev–Trinajstić information content (AvgIpc) is 3.11. The molecule has 7 heteroatoms. The van der Waals surface area contributed by atoms with E-state index in [9.17, 15) is 14.9 Å². The molecule has 0 unspecified atom stereocenters. The molecule has 0 fully saturated rings. The fraction of sp³-hybridized carbons (Fsp3) is 0.130. The van der Waals surface area contributed by atoms with Gasteiger partial charge < -0.3 is 9.73 Å². The normalized spacial score (nSPS) is 10.9. The summed E-state index contributed by atoms with van der Waals surface area (Å²) in [4.78, 5) is 27.7. The first kappa shape index (κ1) is 19.3. The summed E-state index contributed by atoms with van der Waals surface area (Å²) in [5, 5.41) is 13.9. The Morgan fingerprint density at radius 1 is 1.00 bits per heavy atom. The lowest BCUT2D eigenvalue weighted by atomic mass is 10.1. The summed E-state index contributed by atoms with van der Waals surface area (Å²) in [6, 6.07) is 15.6. The number of carbonyl (C=O) groups excluding carboxylic acids is 1. The van der Waals surface area contributed by atoms with Crippen LogP contribution in [0.5, 0.6) is 0 Å².